The first kappa shape index (κ1) is 20.6. The molecule has 0 radical (unpaired) electrons. The molecule has 0 unspecified atom stereocenters. The minimum absolute atomic E-state index is 0.212. The summed E-state index contributed by atoms with van der Waals surface area (Å²) in [5.74, 6) is 0. The maximum absolute atomic E-state index is 13.3. The standard InChI is InChI=1S/C19H18ClN5O4S2/c1-8-21-10(6-30-8)13-12-14(23(2)19(28)24(3)18(12)27)15-16(17-22-11(20)7-31-17)29-9(5-26)4-25(13)15/h6-7,9,16,26H,4-5H2,1-3H3/t9-,16-/m1/s1. The number of halogens is 1. The Hall–Kier alpha value is -2.31. The van der Waals surface area contributed by atoms with E-state index < -0.39 is 23.5 Å². The molecule has 0 saturated heterocycles. The lowest BCUT2D eigenvalue weighted by Crippen LogP contribution is -2.37. The third-order valence-electron chi connectivity index (χ3n) is 5.45. The summed E-state index contributed by atoms with van der Waals surface area (Å²) in [4.78, 5) is 35.1. The molecule has 2 atom stereocenters. The minimum Gasteiger partial charge on any atom is -0.394 e. The van der Waals surface area contributed by atoms with E-state index >= 15 is 0 Å². The highest BCUT2D eigenvalue weighted by Crippen LogP contribution is 2.42. The van der Waals surface area contributed by atoms with Crippen LogP contribution in [0.5, 0.6) is 0 Å². The number of aliphatic hydroxyl groups excluding tert-OH is 1. The summed E-state index contributed by atoms with van der Waals surface area (Å²) in [7, 11) is 3.09. The van der Waals surface area contributed by atoms with E-state index in [0.29, 0.717) is 44.7 Å². The number of rotatable bonds is 3. The van der Waals surface area contributed by atoms with Gasteiger partial charge in [0, 0.05) is 24.9 Å². The van der Waals surface area contributed by atoms with E-state index in [1.165, 1.54) is 34.3 Å². The normalized spacial score (nSPS) is 18.6. The smallest absolute Gasteiger partial charge is 0.331 e. The molecule has 0 saturated carbocycles. The zero-order chi connectivity index (χ0) is 22.0. The van der Waals surface area contributed by atoms with Gasteiger partial charge in [0.2, 0.25) is 0 Å². The second kappa shape index (κ2) is 7.38. The van der Waals surface area contributed by atoms with Crippen LogP contribution >= 0.6 is 34.3 Å². The molecule has 162 valence electrons. The van der Waals surface area contributed by atoms with Crippen molar-refractivity contribution in [2.75, 3.05) is 6.61 Å². The number of hydrogen-bond donors (Lipinski definition) is 1. The van der Waals surface area contributed by atoms with Crippen LogP contribution in [0.4, 0.5) is 0 Å². The molecule has 12 heteroatoms. The van der Waals surface area contributed by atoms with Crippen molar-refractivity contribution in [2.45, 2.75) is 25.7 Å². The Labute approximate surface area is 188 Å². The van der Waals surface area contributed by atoms with Crippen molar-refractivity contribution in [2.24, 2.45) is 14.1 Å². The SMILES string of the molecule is Cc1nc(-c2c3c(=O)n(C)c(=O)n(C)c3c3n2C[C@H](CO)O[C@H]3c2nc(Cl)cs2)cs1. The number of hydrogen-bond acceptors (Lipinski definition) is 8. The van der Waals surface area contributed by atoms with Crippen molar-refractivity contribution in [1.29, 1.82) is 0 Å². The molecule has 4 aromatic heterocycles. The predicted octanol–water partition coefficient (Wildman–Crippen LogP) is 2.06. The fraction of sp³-hybridized carbons (Fsp3) is 0.368. The van der Waals surface area contributed by atoms with Crippen LogP contribution < -0.4 is 11.2 Å². The summed E-state index contributed by atoms with van der Waals surface area (Å²) >= 11 is 8.87. The summed E-state index contributed by atoms with van der Waals surface area (Å²) in [6.45, 7) is 1.99. The van der Waals surface area contributed by atoms with Crippen LogP contribution in [0, 0.1) is 6.92 Å². The van der Waals surface area contributed by atoms with Gasteiger partial charge in [-0.05, 0) is 6.92 Å². The van der Waals surface area contributed by atoms with Crippen LogP contribution in [0.2, 0.25) is 5.15 Å². The number of nitrogens with zero attached hydrogens (tertiary/aromatic N) is 5. The van der Waals surface area contributed by atoms with Crippen LogP contribution in [0.25, 0.3) is 22.3 Å². The first-order valence-corrected chi connectivity index (χ1v) is 11.6. The average molecular weight is 480 g/mol. The fourth-order valence-electron chi connectivity index (χ4n) is 4.10. The number of aryl methyl sites for hydroxylation is 2. The Morgan fingerprint density at radius 1 is 1.23 bits per heavy atom. The molecule has 1 aliphatic heterocycles. The van der Waals surface area contributed by atoms with E-state index in [4.69, 9.17) is 16.3 Å². The monoisotopic (exact) mass is 479 g/mol. The van der Waals surface area contributed by atoms with Gasteiger partial charge in [-0.1, -0.05) is 11.6 Å². The van der Waals surface area contributed by atoms with Gasteiger partial charge in [0.15, 0.2) is 6.10 Å². The summed E-state index contributed by atoms with van der Waals surface area (Å²) in [6.07, 6.45) is -1.22. The van der Waals surface area contributed by atoms with Crippen molar-refractivity contribution in [3.8, 4) is 11.4 Å². The van der Waals surface area contributed by atoms with Crippen molar-refractivity contribution in [1.82, 2.24) is 23.7 Å². The zero-order valence-corrected chi connectivity index (χ0v) is 19.2. The van der Waals surface area contributed by atoms with Gasteiger partial charge in [-0.15, -0.1) is 22.7 Å². The highest BCUT2D eigenvalue weighted by Gasteiger charge is 2.38. The number of ether oxygens (including phenoxy) is 1. The Morgan fingerprint density at radius 3 is 2.61 bits per heavy atom. The molecule has 9 nitrogen and oxygen atoms in total. The van der Waals surface area contributed by atoms with Gasteiger partial charge in [-0.25, -0.2) is 14.8 Å². The molecule has 0 aromatic carbocycles. The number of aromatic nitrogens is 5. The van der Waals surface area contributed by atoms with E-state index in [1.807, 2.05) is 16.9 Å². The van der Waals surface area contributed by atoms with Gasteiger partial charge in [-0.3, -0.25) is 13.9 Å². The number of aliphatic hydroxyl groups is 1. The number of thiazole rings is 2. The zero-order valence-electron chi connectivity index (χ0n) is 16.8. The second-order valence-electron chi connectivity index (χ2n) is 7.35. The maximum Gasteiger partial charge on any atom is 0.331 e. The molecule has 0 aliphatic carbocycles. The van der Waals surface area contributed by atoms with Crippen LogP contribution in [-0.4, -0.2) is 41.5 Å². The average Bonchev–Trinajstić information content (AvgIpc) is 3.46. The molecule has 0 amide bonds. The quantitative estimate of drug-likeness (QED) is 0.482. The van der Waals surface area contributed by atoms with Crippen LogP contribution in [0.3, 0.4) is 0 Å². The molecular weight excluding hydrogens is 462 g/mol. The van der Waals surface area contributed by atoms with Gasteiger partial charge in [0.05, 0.1) is 52.2 Å². The molecule has 5 heterocycles. The van der Waals surface area contributed by atoms with E-state index in [9.17, 15) is 14.7 Å². The highest BCUT2D eigenvalue weighted by atomic mass is 35.5. The van der Waals surface area contributed by atoms with E-state index in [-0.39, 0.29) is 6.61 Å². The van der Waals surface area contributed by atoms with Crippen LogP contribution in [-0.2, 0) is 25.4 Å². The van der Waals surface area contributed by atoms with Gasteiger partial charge in [0.25, 0.3) is 5.56 Å². The molecule has 0 fully saturated rings. The first-order chi connectivity index (χ1) is 14.8. The van der Waals surface area contributed by atoms with E-state index in [2.05, 4.69) is 9.97 Å². The lowest BCUT2D eigenvalue weighted by atomic mass is 10.1. The van der Waals surface area contributed by atoms with Gasteiger partial charge < -0.3 is 14.4 Å². The molecule has 31 heavy (non-hydrogen) atoms. The molecular formula is C19H18ClN5O4S2. The van der Waals surface area contributed by atoms with E-state index in [0.717, 1.165) is 9.57 Å². The molecule has 0 bridgehead atoms. The summed E-state index contributed by atoms with van der Waals surface area (Å²) in [5.41, 5.74) is 1.51. The fourth-order valence-corrected chi connectivity index (χ4v) is 5.69. The lowest BCUT2D eigenvalue weighted by Gasteiger charge is -2.31. The summed E-state index contributed by atoms with van der Waals surface area (Å²) < 4.78 is 10.6. The molecule has 0 spiro atoms. The van der Waals surface area contributed by atoms with Crippen LogP contribution in [0.1, 0.15) is 21.8 Å². The van der Waals surface area contributed by atoms with Crippen molar-refractivity contribution in [3.05, 3.63) is 52.5 Å². The Bertz CT molecular complexity index is 1450. The third-order valence-corrected chi connectivity index (χ3v) is 7.44. The van der Waals surface area contributed by atoms with Crippen molar-refractivity contribution in [3.63, 3.8) is 0 Å². The van der Waals surface area contributed by atoms with Crippen LogP contribution in [0.15, 0.2) is 20.3 Å². The predicted molar refractivity (Wildman–Crippen MR) is 119 cm³/mol. The second-order valence-corrected chi connectivity index (χ2v) is 9.69. The molecule has 1 aliphatic rings. The Kier molecular flexibility index (Phi) is 4.90. The molecule has 1 N–H and O–H groups in total. The first-order valence-electron chi connectivity index (χ1n) is 9.43. The van der Waals surface area contributed by atoms with E-state index in [1.54, 1.807) is 12.4 Å². The minimum atomic E-state index is -0.697. The largest absolute Gasteiger partial charge is 0.394 e. The number of fused-ring (bicyclic) bond motifs is 3. The summed E-state index contributed by atoms with van der Waals surface area (Å²) in [5, 5.41) is 15.7. The maximum atomic E-state index is 13.3. The van der Waals surface area contributed by atoms with Crippen molar-refractivity contribution < 1.29 is 9.84 Å². The Balaban J connectivity index is 1.96. The van der Waals surface area contributed by atoms with Gasteiger partial charge >= 0.3 is 5.69 Å². The summed E-state index contributed by atoms with van der Waals surface area (Å²) in [6, 6.07) is 0. The topological polar surface area (TPSA) is 104 Å². The Morgan fingerprint density at radius 2 is 2.00 bits per heavy atom. The van der Waals surface area contributed by atoms with Gasteiger partial charge in [0.1, 0.15) is 10.2 Å². The van der Waals surface area contributed by atoms with Crippen molar-refractivity contribution >= 4 is 45.2 Å². The third kappa shape index (κ3) is 3.03. The van der Waals surface area contributed by atoms with Gasteiger partial charge in [-0.2, -0.15) is 0 Å². The lowest BCUT2D eigenvalue weighted by molar-refractivity contribution is -0.0517. The molecule has 5 rings (SSSR count). The highest BCUT2D eigenvalue weighted by molar-refractivity contribution is 7.10. The molecule has 4 aromatic rings.